The van der Waals surface area contributed by atoms with Crippen LogP contribution in [0.25, 0.3) is 10.9 Å². The van der Waals surface area contributed by atoms with Crippen molar-refractivity contribution >= 4 is 45.5 Å². The third-order valence-corrected chi connectivity index (χ3v) is 4.17. The minimum Gasteiger partial charge on any atom is -0.476 e. The summed E-state index contributed by atoms with van der Waals surface area (Å²) in [6.45, 7) is 0.480. The molecule has 0 atom stereocenters. The maximum Gasteiger partial charge on any atom is 0.358 e. The lowest BCUT2D eigenvalue weighted by atomic mass is 10.1. The zero-order valence-electron chi connectivity index (χ0n) is 10.7. The number of carboxylic acids is 1. The highest BCUT2D eigenvalue weighted by molar-refractivity contribution is 7.16. The largest absolute Gasteiger partial charge is 0.476 e. The normalized spacial score (nSPS) is 10.7. The molecule has 2 heterocycles. The molecule has 5 nitrogen and oxygen atoms in total. The van der Waals surface area contributed by atoms with E-state index in [-0.39, 0.29) is 5.69 Å². The number of hydrogen-bond donors (Lipinski definition) is 2. The minimum atomic E-state index is -1.11. The van der Waals surface area contributed by atoms with E-state index in [1.165, 1.54) is 11.3 Å². The highest BCUT2D eigenvalue weighted by Crippen LogP contribution is 2.27. The lowest BCUT2D eigenvalue weighted by Gasteiger charge is -2.10. The zero-order valence-corrected chi connectivity index (χ0v) is 12.3. The molecule has 0 bridgehead atoms. The van der Waals surface area contributed by atoms with Crippen LogP contribution in [0, 0.1) is 0 Å². The van der Waals surface area contributed by atoms with Gasteiger partial charge in [0.25, 0.3) is 0 Å². The molecule has 0 radical (unpaired) electrons. The molecule has 7 heteroatoms. The van der Waals surface area contributed by atoms with Gasteiger partial charge in [0.1, 0.15) is 0 Å². The molecule has 1 aromatic carbocycles. The van der Waals surface area contributed by atoms with Gasteiger partial charge < -0.3 is 10.4 Å². The molecule has 2 aromatic heterocycles. The molecule has 21 heavy (non-hydrogen) atoms. The summed E-state index contributed by atoms with van der Waals surface area (Å²) in [6.07, 6.45) is 0. The first-order valence-electron chi connectivity index (χ1n) is 6.12. The predicted molar refractivity (Wildman–Crippen MR) is 83.2 cm³/mol. The molecule has 0 fully saturated rings. The third-order valence-electron chi connectivity index (χ3n) is 2.94. The van der Waals surface area contributed by atoms with Crippen molar-refractivity contribution in [2.75, 3.05) is 5.32 Å². The second kappa shape index (κ2) is 5.67. The van der Waals surface area contributed by atoms with Crippen molar-refractivity contribution in [3.63, 3.8) is 0 Å². The predicted octanol–water partition coefficient (Wildman–Crippen LogP) is 3.66. The van der Waals surface area contributed by atoms with Crippen LogP contribution in [-0.4, -0.2) is 21.3 Å². The Balaban J connectivity index is 2.01. The quantitative estimate of drug-likeness (QED) is 0.767. The van der Waals surface area contributed by atoms with Crippen LogP contribution in [0.5, 0.6) is 0 Å². The fraction of sp³-hybridized carbons (Fsp3) is 0.0714. The fourth-order valence-electron chi connectivity index (χ4n) is 2.00. The number of rotatable bonds is 4. The van der Waals surface area contributed by atoms with Crippen LogP contribution in [-0.2, 0) is 6.54 Å². The molecule has 3 rings (SSSR count). The van der Waals surface area contributed by atoms with E-state index in [4.69, 9.17) is 11.6 Å². The molecule has 0 saturated heterocycles. The lowest BCUT2D eigenvalue weighted by Crippen LogP contribution is -2.10. The first-order valence-corrected chi connectivity index (χ1v) is 7.31. The van der Waals surface area contributed by atoms with Gasteiger partial charge in [-0.3, -0.25) is 0 Å². The van der Waals surface area contributed by atoms with Crippen molar-refractivity contribution in [3.05, 3.63) is 51.3 Å². The Morgan fingerprint density at radius 1 is 1.24 bits per heavy atom. The zero-order chi connectivity index (χ0) is 14.8. The number of nitrogens with one attached hydrogen (secondary N) is 1. The van der Waals surface area contributed by atoms with Crippen LogP contribution in [0.3, 0.4) is 0 Å². The molecule has 0 aliphatic heterocycles. The summed E-state index contributed by atoms with van der Waals surface area (Å²) in [7, 11) is 0. The first kappa shape index (κ1) is 13.8. The van der Waals surface area contributed by atoms with Gasteiger partial charge in [0.15, 0.2) is 5.69 Å². The molecule has 0 amide bonds. The van der Waals surface area contributed by atoms with Gasteiger partial charge in [0, 0.05) is 16.8 Å². The van der Waals surface area contributed by atoms with Gasteiger partial charge >= 0.3 is 5.97 Å². The summed E-state index contributed by atoms with van der Waals surface area (Å²) < 4.78 is 0.697. The summed E-state index contributed by atoms with van der Waals surface area (Å²) in [5, 5.41) is 20.9. The topological polar surface area (TPSA) is 75.1 Å². The van der Waals surface area contributed by atoms with Crippen LogP contribution in [0.15, 0.2) is 36.4 Å². The van der Waals surface area contributed by atoms with E-state index in [0.717, 1.165) is 10.3 Å². The van der Waals surface area contributed by atoms with E-state index in [2.05, 4.69) is 15.5 Å². The lowest BCUT2D eigenvalue weighted by molar-refractivity contribution is 0.0690. The van der Waals surface area contributed by atoms with Crippen molar-refractivity contribution < 1.29 is 9.90 Å². The van der Waals surface area contributed by atoms with Crippen molar-refractivity contribution in [2.24, 2.45) is 0 Å². The smallest absolute Gasteiger partial charge is 0.358 e. The number of nitrogens with zero attached hydrogens (tertiary/aromatic N) is 2. The summed E-state index contributed by atoms with van der Waals surface area (Å²) in [5.74, 6) is -1.11. The van der Waals surface area contributed by atoms with Crippen LogP contribution in [0.2, 0.25) is 4.34 Å². The second-order valence-electron chi connectivity index (χ2n) is 4.31. The van der Waals surface area contributed by atoms with Crippen LogP contribution < -0.4 is 5.32 Å². The fourth-order valence-corrected chi connectivity index (χ4v) is 3.03. The van der Waals surface area contributed by atoms with Crippen LogP contribution >= 0.6 is 22.9 Å². The third kappa shape index (κ3) is 2.81. The van der Waals surface area contributed by atoms with E-state index >= 15 is 0 Å². The number of aromatic carboxylic acids is 1. The number of carbonyl (C=O) groups is 1. The molecule has 0 unspecified atom stereocenters. The summed E-state index contributed by atoms with van der Waals surface area (Å²) >= 11 is 7.34. The second-order valence-corrected chi connectivity index (χ2v) is 6.10. The molecule has 0 spiro atoms. The first-order chi connectivity index (χ1) is 10.1. The van der Waals surface area contributed by atoms with Crippen LogP contribution in [0.1, 0.15) is 15.4 Å². The Hall–Kier alpha value is -2.18. The van der Waals surface area contributed by atoms with Gasteiger partial charge in [-0.25, -0.2) is 4.79 Å². The average Bonchev–Trinajstić information content (AvgIpc) is 2.90. The van der Waals surface area contributed by atoms with Crippen molar-refractivity contribution in [2.45, 2.75) is 6.54 Å². The maximum absolute atomic E-state index is 11.3. The molecule has 3 aromatic rings. The number of anilines is 1. The number of fused-ring (bicyclic) bond motifs is 1. The number of halogens is 1. The van der Waals surface area contributed by atoms with E-state index < -0.39 is 5.97 Å². The number of benzene rings is 1. The molecule has 106 valence electrons. The average molecular weight is 320 g/mol. The number of carboxylic acid groups (broad SMARTS) is 1. The number of hydrogen-bond acceptors (Lipinski definition) is 5. The van der Waals surface area contributed by atoms with Crippen molar-refractivity contribution in [3.8, 4) is 0 Å². The molecule has 2 N–H and O–H groups in total. The summed E-state index contributed by atoms with van der Waals surface area (Å²) in [4.78, 5) is 12.3. The van der Waals surface area contributed by atoms with E-state index in [0.29, 0.717) is 22.1 Å². The Kier molecular flexibility index (Phi) is 3.72. The summed E-state index contributed by atoms with van der Waals surface area (Å²) in [6, 6.07) is 11.0. The van der Waals surface area contributed by atoms with Crippen LogP contribution in [0.4, 0.5) is 5.69 Å². The van der Waals surface area contributed by atoms with Gasteiger partial charge in [-0.1, -0.05) is 29.8 Å². The number of thiophene rings is 1. The maximum atomic E-state index is 11.3. The van der Waals surface area contributed by atoms with E-state index in [9.17, 15) is 9.90 Å². The van der Waals surface area contributed by atoms with Gasteiger partial charge in [-0.2, -0.15) is 0 Å². The summed E-state index contributed by atoms with van der Waals surface area (Å²) in [5.41, 5.74) is 1.03. The Morgan fingerprint density at radius 3 is 2.76 bits per heavy atom. The Bertz CT molecular complexity index is 819. The Labute approximate surface area is 129 Å². The van der Waals surface area contributed by atoms with E-state index in [1.54, 1.807) is 6.07 Å². The van der Waals surface area contributed by atoms with Crippen molar-refractivity contribution in [1.29, 1.82) is 0 Å². The highest BCUT2D eigenvalue weighted by atomic mass is 35.5. The highest BCUT2D eigenvalue weighted by Gasteiger charge is 2.16. The standard InChI is InChI=1S/C14H10ClN3O2S/c15-11-6-5-8(21-11)7-16-12-9-3-1-2-4-10(9)17-18-13(12)14(19)20/h1-6H,7H2,(H,16,17)(H,19,20). The molecular weight excluding hydrogens is 310 g/mol. The molecule has 0 aliphatic rings. The van der Waals surface area contributed by atoms with Gasteiger partial charge in [0.05, 0.1) is 15.5 Å². The molecular formula is C14H10ClN3O2S. The van der Waals surface area contributed by atoms with Gasteiger partial charge in [-0.15, -0.1) is 21.5 Å². The minimum absolute atomic E-state index is 0.0867. The van der Waals surface area contributed by atoms with Crippen molar-refractivity contribution in [1.82, 2.24) is 10.2 Å². The Morgan fingerprint density at radius 2 is 2.05 bits per heavy atom. The monoisotopic (exact) mass is 319 g/mol. The van der Waals surface area contributed by atoms with Gasteiger partial charge in [0.2, 0.25) is 0 Å². The van der Waals surface area contributed by atoms with Gasteiger partial charge in [-0.05, 0) is 18.2 Å². The number of aromatic nitrogens is 2. The van der Waals surface area contributed by atoms with E-state index in [1.807, 2.05) is 30.3 Å². The molecule has 0 aliphatic carbocycles. The molecule has 0 saturated carbocycles. The SMILES string of the molecule is O=C(O)c1nnc2ccccc2c1NCc1ccc(Cl)s1.